The zero-order valence-electron chi connectivity index (χ0n) is 10.1. The predicted octanol–water partition coefficient (Wildman–Crippen LogP) is 1.65. The third-order valence-electron chi connectivity index (χ3n) is 3.13. The fourth-order valence-electron chi connectivity index (χ4n) is 1.98. The molecule has 144 valence electrons. The lowest BCUT2D eigenvalue weighted by Gasteiger charge is -2.52. The Morgan fingerprint density at radius 1 is 0.458 bits per heavy atom. The predicted molar refractivity (Wildman–Crippen MR) is 50.6 cm³/mol. The topological polar surface area (TPSA) is 109 Å². The fourth-order valence-corrected chi connectivity index (χ4v) is 4.86. The van der Waals surface area contributed by atoms with Gasteiger partial charge in [-0.25, -0.2) is 0 Å². The van der Waals surface area contributed by atoms with E-state index in [4.69, 9.17) is 9.11 Å². The molecule has 0 spiro atoms. The number of halogens is 10. The molecule has 0 aromatic carbocycles. The number of hydrogen-bond donors (Lipinski definition) is 2. The van der Waals surface area contributed by atoms with Crippen molar-refractivity contribution in [2.45, 2.75) is 33.7 Å². The molecule has 1 rings (SSSR count). The van der Waals surface area contributed by atoms with Crippen molar-refractivity contribution in [3.63, 3.8) is 0 Å². The molecule has 1 aliphatic carbocycles. The summed E-state index contributed by atoms with van der Waals surface area (Å²) in [6, 6.07) is 0. The zero-order valence-corrected chi connectivity index (χ0v) is 11.8. The number of alkyl halides is 10. The van der Waals surface area contributed by atoms with Gasteiger partial charge in [0.2, 0.25) is 0 Å². The summed E-state index contributed by atoms with van der Waals surface area (Å²) in [5.41, 5.74) is 0. The van der Waals surface area contributed by atoms with Crippen molar-refractivity contribution in [1.82, 2.24) is 0 Å². The van der Waals surface area contributed by atoms with E-state index < -0.39 is 53.9 Å². The van der Waals surface area contributed by atoms with Crippen LogP contribution in [0.2, 0.25) is 0 Å². The Labute approximate surface area is 124 Å². The van der Waals surface area contributed by atoms with Gasteiger partial charge in [-0.15, -0.1) is 0 Å². The van der Waals surface area contributed by atoms with Gasteiger partial charge in [0.1, 0.15) is 0 Å². The molecule has 2 N–H and O–H groups in total. The lowest BCUT2D eigenvalue weighted by Crippen LogP contribution is -2.88. The van der Waals surface area contributed by atoms with Gasteiger partial charge >= 0.3 is 53.9 Å². The molecule has 0 saturated heterocycles. The van der Waals surface area contributed by atoms with Crippen molar-refractivity contribution in [2.24, 2.45) is 0 Å². The normalized spacial score (nSPS) is 29.8. The van der Waals surface area contributed by atoms with Crippen molar-refractivity contribution >= 4 is 20.2 Å². The smallest absolute Gasteiger partial charge is 0.284 e. The van der Waals surface area contributed by atoms with E-state index in [0.29, 0.717) is 0 Å². The molecule has 24 heavy (non-hydrogen) atoms. The zero-order chi connectivity index (χ0) is 20.0. The van der Waals surface area contributed by atoms with Gasteiger partial charge in [0, 0.05) is 0 Å². The Kier molecular flexibility index (Phi) is 3.92. The van der Waals surface area contributed by atoms with Gasteiger partial charge in [-0.3, -0.25) is 9.11 Å². The quantitative estimate of drug-likeness (QED) is 0.516. The molecule has 1 aliphatic rings. The average Bonchev–Trinajstić information content (AvgIpc) is 2.21. The Bertz CT molecular complexity index is 704. The van der Waals surface area contributed by atoms with Gasteiger partial charge in [-0.2, -0.15) is 60.7 Å². The molecule has 1 saturated carbocycles. The minimum absolute atomic E-state index is 7.42. The van der Waals surface area contributed by atoms with Gasteiger partial charge < -0.3 is 0 Å². The van der Waals surface area contributed by atoms with Crippen LogP contribution in [-0.2, 0) is 20.2 Å². The average molecular weight is 424 g/mol. The van der Waals surface area contributed by atoms with Gasteiger partial charge in [-0.1, -0.05) is 0 Å². The summed E-state index contributed by atoms with van der Waals surface area (Å²) in [5.74, 6) is -38.8. The van der Waals surface area contributed by atoms with Crippen LogP contribution in [0.3, 0.4) is 0 Å². The van der Waals surface area contributed by atoms with Gasteiger partial charge in [-0.05, 0) is 0 Å². The highest BCUT2D eigenvalue weighted by Crippen LogP contribution is 2.71. The van der Waals surface area contributed by atoms with Crippen molar-refractivity contribution in [3.8, 4) is 0 Å². The largest absolute Gasteiger partial charge is 0.384 e. The Morgan fingerprint density at radius 3 is 0.792 bits per heavy atom. The summed E-state index contributed by atoms with van der Waals surface area (Å²) in [6.07, 6.45) is 0. The molecule has 0 aromatic rings. The second kappa shape index (κ2) is 4.44. The maximum absolute atomic E-state index is 13.5. The summed E-state index contributed by atoms with van der Waals surface area (Å²) in [7, 11) is -16.0. The summed E-state index contributed by atoms with van der Waals surface area (Å²) in [4.78, 5) is 0. The third kappa shape index (κ3) is 1.69. The van der Waals surface area contributed by atoms with Crippen LogP contribution in [0.1, 0.15) is 0 Å². The molecule has 0 aromatic heterocycles. The van der Waals surface area contributed by atoms with E-state index in [1.54, 1.807) is 0 Å². The monoisotopic (exact) mass is 424 g/mol. The van der Waals surface area contributed by atoms with Crippen LogP contribution in [0.25, 0.3) is 0 Å². The van der Waals surface area contributed by atoms with Gasteiger partial charge in [0.05, 0.1) is 0 Å². The van der Waals surface area contributed by atoms with Crippen LogP contribution < -0.4 is 0 Å². The number of rotatable bonds is 2. The fraction of sp³-hybridized carbons (Fsp3) is 1.00. The molecular weight excluding hydrogens is 422 g/mol. The molecule has 0 amide bonds. The van der Waals surface area contributed by atoms with E-state index in [1.165, 1.54) is 0 Å². The van der Waals surface area contributed by atoms with Gasteiger partial charge in [0.25, 0.3) is 0 Å². The lowest BCUT2D eigenvalue weighted by molar-refractivity contribution is -0.446. The highest BCUT2D eigenvalue weighted by molar-refractivity contribution is 8.05. The van der Waals surface area contributed by atoms with Crippen LogP contribution in [0.15, 0.2) is 0 Å². The van der Waals surface area contributed by atoms with Crippen LogP contribution in [0.5, 0.6) is 0 Å². The molecule has 0 bridgehead atoms. The molecule has 0 unspecified atom stereocenters. The van der Waals surface area contributed by atoms with E-state index in [9.17, 15) is 60.7 Å². The van der Waals surface area contributed by atoms with Gasteiger partial charge in [0.15, 0.2) is 0 Å². The Morgan fingerprint density at radius 2 is 0.625 bits per heavy atom. The van der Waals surface area contributed by atoms with Crippen molar-refractivity contribution in [1.29, 1.82) is 0 Å². The lowest BCUT2D eigenvalue weighted by atomic mass is 9.81. The molecule has 0 atom stereocenters. The molecule has 0 heterocycles. The van der Waals surface area contributed by atoms with Crippen molar-refractivity contribution < 1.29 is 69.8 Å². The standard InChI is InChI=1S/C6H2F10O6S2/c7-1(8)2(9,10)4(13,14)6(23(17,18)19,24(20,21)22)5(15,16)3(1,11)12/h(H,17,18,19)(H,20,21,22). The Balaban J connectivity index is 4.40. The molecule has 1 fully saturated rings. The minimum Gasteiger partial charge on any atom is -0.284 e. The first kappa shape index (κ1) is 21.2. The van der Waals surface area contributed by atoms with E-state index in [1.807, 2.05) is 0 Å². The summed E-state index contributed by atoms with van der Waals surface area (Å²) in [5, 5.41) is 0. The van der Waals surface area contributed by atoms with Crippen LogP contribution >= 0.6 is 0 Å². The van der Waals surface area contributed by atoms with E-state index in [2.05, 4.69) is 0 Å². The molecular formula is C6H2F10O6S2. The minimum atomic E-state index is -7.98. The van der Waals surface area contributed by atoms with E-state index in [-0.39, 0.29) is 0 Å². The first-order valence-corrected chi connectivity index (χ1v) is 7.71. The molecule has 0 radical (unpaired) electrons. The van der Waals surface area contributed by atoms with Crippen LogP contribution in [-0.4, -0.2) is 59.6 Å². The first-order valence-electron chi connectivity index (χ1n) is 4.83. The molecule has 18 heteroatoms. The maximum atomic E-state index is 13.5. The SMILES string of the molecule is O=S(=O)(O)C1(S(=O)(=O)O)C(F)(F)C(F)(F)C(F)(F)C(F)(F)C1(F)F. The van der Waals surface area contributed by atoms with E-state index in [0.717, 1.165) is 0 Å². The maximum Gasteiger partial charge on any atom is 0.384 e. The molecule has 6 nitrogen and oxygen atoms in total. The third-order valence-corrected chi connectivity index (χ3v) is 6.87. The first-order chi connectivity index (χ1) is 10.0. The van der Waals surface area contributed by atoms with Crippen molar-refractivity contribution in [3.05, 3.63) is 0 Å². The van der Waals surface area contributed by atoms with Crippen molar-refractivity contribution in [2.75, 3.05) is 0 Å². The summed E-state index contributed by atoms with van der Waals surface area (Å²) in [6.45, 7) is 0. The second-order valence-electron chi connectivity index (χ2n) is 4.44. The second-order valence-corrected chi connectivity index (χ2v) is 7.82. The van der Waals surface area contributed by atoms with E-state index >= 15 is 0 Å². The molecule has 0 aliphatic heterocycles. The Hall–Kier alpha value is -0.880. The highest BCUT2D eigenvalue weighted by atomic mass is 32.3. The highest BCUT2D eigenvalue weighted by Gasteiger charge is 3.06. The summed E-state index contributed by atoms with van der Waals surface area (Å²) >= 11 is 0. The summed E-state index contributed by atoms with van der Waals surface area (Å²) < 4.78 is 184. The van der Waals surface area contributed by atoms with Crippen LogP contribution in [0.4, 0.5) is 43.9 Å². The van der Waals surface area contributed by atoms with Crippen LogP contribution in [0, 0.1) is 0 Å². The number of hydrogen-bond acceptors (Lipinski definition) is 4.